The van der Waals surface area contributed by atoms with Gasteiger partial charge in [-0.05, 0) is 26.7 Å². The molecule has 0 saturated heterocycles. The van der Waals surface area contributed by atoms with Gasteiger partial charge in [-0.25, -0.2) is 9.97 Å². The van der Waals surface area contributed by atoms with Crippen molar-refractivity contribution in [2.24, 2.45) is 9.98 Å². The monoisotopic (exact) mass is 272 g/mol. The molecule has 6 heteroatoms. The van der Waals surface area contributed by atoms with E-state index in [4.69, 9.17) is 0 Å². The molecule has 2 heterocycles. The van der Waals surface area contributed by atoms with Crippen LogP contribution in [-0.4, -0.2) is 45.5 Å². The molecule has 2 aromatic rings. The molecule has 6 nitrogen and oxygen atoms in total. The van der Waals surface area contributed by atoms with Gasteiger partial charge in [0.2, 0.25) is 0 Å². The van der Waals surface area contributed by atoms with E-state index in [0.29, 0.717) is 0 Å². The minimum Gasteiger partial charge on any atom is -0.341 e. The number of aliphatic imine (C=N–C) groups is 2. The van der Waals surface area contributed by atoms with E-state index in [9.17, 15) is 0 Å². The van der Waals surface area contributed by atoms with Crippen LogP contribution in [0.25, 0.3) is 0 Å². The first kappa shape index (κ1) is 14.2. The highest BCUT2D eigenvalue weighted by Crippen LogP contribution is 1.95. The van der Waals surface area contributed by atoms with Crippen molar-refractivity contribution in [3.05, 3.63) is 35.4 Å². The summed E-state index contributed by atoms with van der Waals surface area (Å²) in [6.07, 6.45) is 9.30. The Bertz CT molecular complexity index is 526. The van der Waals surface area contributed by atoms with E-state index in [2.05, 4.69) is 29.9 Å². The number of aromatic amines is 2. The van der Waals surface area contributed by atoms with E-state index in [0.717, 1.165) is 49.0 Å². The summed E-state index contributed by atoms with van der Waals surface area (Å²) < 4.78 is 0. The first-order chi connectivity index (χ1) is 9.74. The summed E-state index contributed by atoms with van der Waals surface area (Å²) in [6, 6.07) is 0. The Morgan fingerprint density at radius 2 is 1.35 bits per heavy atom. The highest BCUT2D eigenvalue weighted by Gasteiger charge is 1.92. The Labute approximate surface area is 118 Å². The summed E-state index contributed by atoms with van der Waals surface area (Å²) in [7, 11) is 0. The second-order valence-electron chi connectivity index (χ2n) is 4.63. The fourth-order valence-corrected chi connectivity index (χ4v) is 1.74. The number of hydrogen-bond donors (Lipinski definition) is 2. The summed E-state index contributed by atoms with van der Waals surface area (Å²) >= 11 is 0. The van der Waals surface area contributed by atoms with Crippen molar-refractivity contribution in [3.63, 3.8) is 0 Å². The van der Waals surface area contributed by atoms with E-state index in [1.807, 2.05) is 26.3 Å². The Morgan fingerprint density at radius 3 is 1.70 bits per heavy atom. The second kappa shape index (κ2) is 7.37. The molecule has 0 aliphatic rings. The summed E-state index contributed by atoms with van der Waals surface area (Å²) in [5.74, 6) is 1.82. The molecule has 0 amide bonds. The quantitative estimate of drug-likeness (QED) is 0.597. The largest absolute Gasteiger partial charge is 0.341 e. The third kappa shape index (κ3) is 4.79. The SMILES string of the molecule is Cc1ncc(C=NCCCCN=Cc2cnc(C)[nH]2)[nH]1. The van der Waals surface area contributed by atoms with Crippen molar-refractivity contribution in [1.82, 2.24) is 19.9 Å². The third-order valence-corrected chi connectivity index (χ3v) is 2.73. The molecule has 0 radical (unpaired) electrons. The van der Waals surface area contributed by atoms with Gasteiger partial charge in [0.05, 0.1) is 23.8 Å². The van der Waals surface area contributed by atoms with Crippen molar-refractivity contribution in [2.45, 2.75) is 26.7 Å². The number of nitrogens with one attached hydrogen (secondary N) is 2. The van der Waals surface area contributed by atoms with Gasteiger partial charge in [-0.15, -0.1) is 0 Å². The van der Waals surface area contributed by atoms with Gasteiger partial charge in [0.15, 0.2) is 0 Å². The Morgan fingerprint density at radius 1 is 0.900 bits per heavy atom. The molecule has 0 bridgehead atoms. The molecule has 20 heavy (non-hydrogen) atoms. The van der Waals surface area contributed by atoms with E-state index < -0.39 is 0 Å². The number of aromatic nitrogens is 4. The number of nitrogens with zero attached hydrogens (tertiary/aromatic N) is 4. The number of hydrogen-bond acceptors (Lipinski definition) is 4. The number of aryl methyl sites for hydroxylation is 2. The maximum absolute atomic E-state index is 4.35. The number of imidazole rings is 2. The molecule has 2 N–H and O–H groups in total. The number of H-pyrrole nitrogens is 2. The molecule has 0 aromatic carbocycles. The fourth-order valence-electron chi connectivity index (χ4n) is 1.74. The lowest BCUT2D eigenvalue weighted by atomic mass is 10.3. The average molecular weight is 272 g/mol. The molecule has 0 saturated carbocycles. The first-order valence-electron chi connectivity index (χ1n) is 6.77. The van der Waals surface area contributed by atoms with Gasteiger partial charge >= 0.3 is 0 Å². The van der Waals surface area contributed by atoms with Crippen LogP contribution in [0.4, 0.5) is 0 Å². The normalized spacial score (nSPS) is 11.9. The van der Waals surface area contributed by atoms with Crippen LogP contribution in [0.5, 0.6) is 0 Å². The van der Waals surface area contributed by atoms with Gasteiger partial charge in [-0.1, -0.05) is 0 Å². The molecule has 106 valence electrons. The molecule has 0 aliphatic heterocycles. The minimum atomic E-state index is 0.816. The highest BCUT2D eigenvalue weighted by molar-refractivity contribution is 5.76. The van der Waals surface area contributed by atoms with E-state index in [1.165, 1.54) is 0 Å². The van der Waals surface area contributed by atoms with Crippen LogP contribution in [0, 0.1) is 13.8 Å². The molecule has 0 atom stereocenters. The van der Waals surface area contributed by atoms with Crippen LogP contribution in [0.3, 0.4) is 0 Å². The van der Waals surface area contributed by atoms with Crippen LogP contribution >= 0.6 is 0 Å². The predicted octanol–water partition coefficient (Wildman–Crippen LogP) is 2.07. The predicted molar refractivity (Wildman–Crippen MR) is 80.8 cm³/mol. The van der Waals surface area contributed by atoms with Crippen LogP contribution in [-0.2, 0) is 0 Å². The van der Waals surface area contributed by atoms with Crippen molar-refractivity contribution >= 4 is 12.4 Å². The third-order valence-electron chi connectivity index (χ3n) is 2.73. The maximum atomic E-state index is 4.35. The summed E-state index contributed by atoms with van der Waals surface area (Å²) in [5.41, 5.74) is 1.91. The van der Waals surface area contributed by atoms with Crippen molar-refractivity contribution in [2.75, 3.05) is 13.1 Å². The minimum absolute atomic E-state index is 0.816. The zero-order chi connectivity index (χ0) is 14.2. The summed E-state index contributed by atoms with van der Waals surface area (Å²) in [4.78, 5) is 23.2. The van der Waals surface area contributed by atoms with Crippen LogP contribution in [0.1, 0.15) is 35.9 Å². The molecule has 2 aromatic heterocycles. The van der Waals surface area contributed by atoms with E-state index >= 15 is 0 Å². The molecule has 0 fully saturated rings. The van der Waals surface area contributed by atoms with E-state index in [-0.39, 0.29) is 0 Å². The maximum Gasteiger partial charge on any atom is 0.103 e. The first-order valence-corrected chi connectivity index (χ1v) is 6.77. The number of unbranched alkanes of at least 4 members (excludes halogenated alkanes) is 1. The lowest BCUT2D eigenvalue weighted by molar-refractivity contribution is 0.759. The van der Waals surface area contributed by atoms with Crippen molar-refractivity contribution in [1.29, 1.82) is 0 Å². The van der Waals surface area contributed by atoms with Crippen LogP contribution < -0.4 is 0 Å². The van der Waals surface area contributed by atoms with Crippen molar-refractivity contribution in [3.8, 4) is 0 Å². The van der Waals surface area contributed by atoms with Gasteiger partial charge < -0.3 is 9.97 Å². The zero-order valence-electron chi connectivity index (χ0n) is 11.9. The van der Waals surface area contributed by atoms with Gasteiger partial charge in [0, 0.05) is 25.5 Å². The summed E-state index contributed by atoms with van der Waals surface area (Å²) in [5, 5.41) is 0. The Balaban J connectivity index is 1.58. The Hall–Kier alpha value is -2.24. The fraction of sp³-hybridized carbons (Fsp3) is 0.429. The van der Waals surface area contributed by atoms with Gasteiger partial charge in [-0.2, -0.15) is 0 Å². The molecule has 0 spiro atoms. The molecule has 0 aliphatic carbocycles. The second-order valence-corrected chi connectivity index (χ2v) is 4.63. The van der Waals surface area contributed by atoms with Crippen LogP contribution in [0.2, 0.25) is 0 Å². The Kier molecular flexibility index (Phi) is 5.23. The molecule has 2 rings (SSSR count). The van der Waals surface area contributed by atoms with E-state index in [1.54, 1.807) is 12.4 Å². The standard InChI is InChI=1S/C14H20N6/c1-11-17-9-13(19-11)7-15-5-3-4-6-16-8-14-10-18-12(2)20-14/h7-10H,3-6H2,1-2H3,(H,17,19)(H,18,20). The smallest absolute Gasteiger partial charge is 0.103 e. The van der Waals surface area contributed by atoms with Gasteiger partial charge in [-0.3, -0.25) is 9.98 Å². The van der Waals surface area contributed by atoms with Gasteiger partial charge in [0.25, 0.3) is 0 Å². The summed E-state index contributed by atoms with van der Waals surface area (Å²) in [6.45, 7) is 5.49. The molecular formula is C14H20N6. The highest BCUT2D eigenvalue weighted by atomic mass is 14.9. The number of rotatable bonds is 7. The average Bonchev–Trinajstić information content (AvgIpc) is 3.02. The molecule has 0 unspecified atom stereocenters. The van der Waals surface area contributed by atoms with Crippen molar-refractivity contribution < 1.29 is 0 Å². The van der Waals surface area contributed by atoms with Crippen LogP contribution in [0.15, 0.2) is 22.4 Å². The topological polar surface area (TPSA) is 82.1 Å². The lowest BCUT2D eigenvalue weighted by Crippen LogP contribution is -1.89. The van der Waals surface area contributed by atoms with Gasteiger partial charge in [0.1, 0.15) is 11.6 Å². The zero-order valence-corrected chi connectivity index (χ0v) is 11.9. The lowest BCUT2D eigenvalue weighted by Gasteiger charge is -1.93. The molecular weight excluding hydrogens is 252 g/mol.